The first-order chi connectivity index (χ1) is 13.1. The summed E-state index contributed by atoms with van der Waals surface area (Å²) < 4.78 is 14.1. The largest absolute Gasteiger partial charge is 0.353 e. The lowest BCUT2D eigenvalue weighted by Gasteiger charge is -2.30. The second-order valence-corrected chi connectivity index (χ2v) is 7.15. The zero-order valence-electron chi connectivity index (χ0n) is 15.3. The molecule has 0 spiro atoms. The fourth-order valence-corrected chi connectivity index (χ4v) is 3.47. The lowest BCUT2D eigenvalue weighted by atomic mass is 9.99. The smallest absolute Gasteiger partial charge is 0.272 e. The van der Waals surface area contributed by atoms with Crippen LogP contribution in [0.4, 0.5) is 15.8 Å². The highest BCUT2D eigenvalue weighted by molar-refractivity contribution is 6.00. The normalized spacial score (nSPS) is 15.1. The topological polar surface area (TPSA) is 45.2 Å². The Morgan fingerprint density at radius 2 is 1.78 bits per heavy atom. The number of carbonyl (C=O) groups is 1. The van der Waals surface area contributed by atoms with Crippen molar-refractivity contribution in [3.63, 3.8) is 0 Å². The van der Waals surface area contributed by atoms with Crippen molar-refractivity contribution in [2.75, 3.05) is 18.4 Å². The number of halogens is 1. The average Bonchev–Trinajstić information content (AvgIpc) is 2.69. The number of hydrogen-bond donors (Lipinski definition) is 1. The molecule has 5 heteroatoms. The summed E-state index contributed by atoms with van der Waals surface area (Å²) in [5.74, 6) is 0.248. The van der Waals surface area contributed by atoms with Crippen LogP contribution in [0.2, 0.25) is 0 Å². The van der Waals surface area contributed by atoms with Crippen LogP contribution in [0.3, 0.4) is 0 Å². The van der Waals surface area contributed by atoms with Crippen LogP contribution < -0.4 is 5.32 Å². The maximum atomic E-state index is 14.1. The molecular weight excluding hydrogens is 341 g/mol. The van der Waals surface area contributed by atoms with Gasteiger partial charge in [-0.15, -0.1) is 0 Å². The minimum Gasteiger partial charge on any atom is -0.353 e. The van der Waals surface area contributed by atoms with E-state index in [2.05, 4.69) is 17.2 Å². The second kappa shape index (κ2) is 7.35. The molecule has 1 amide bonds. The third-order valence-electron chi connectivity index (χ3n) is 5.15. The van der Waals surface area contributed by atoms with Crippen molar-refractivity contribution in [3.8, 4) is 0 Å². The number of benzene rings is 2. The number of carbonyl (C=O) groups excluding carboxylic acids is 1. The number of amides is 1. The maximum Gasteiger partial charge on any atom is 0.272 e. The van der Waals surface area contributed by atoms with E-state index in [1.54, 1.807) is 24.3 Å². The first kappa shape index (κ1) is 17.5. The third kappa shape index (κ3) is 3.63. The number of aromatic nitrogens is 1. The number of anilines is 2. The van der Waals surface area contributed by atoms with E-state index in [0.29, 0.717) is 28.5 Å². The van der Waals surface area contributed by atoms with Crippen molar-refractivity contribution in [3.05, 3.63) is 66.1 Å². The van der Waals surface area contributed by atoms with Crippen LogP contribution in [0, 0.1) is 11.7 Å². The van der Waals surface area contributed by atoms with Crippen LogP contribution in [-0.4, -0.2) is 28.9 Å². The molecule has 4 nitrogen and oxygen atoms in total. The Balaban J connectivity index is 1.72. The molecule has 0 radical (unpaired) electrons. The molecule has 1 aromatic heterocycles. The average molecular weight is 363 g/mol. The number of hydrogen-bond acceptors (Lipinski definition) is 3. The fourth-order valence-electron chi connectivity index (χ4n) is 3.47. The van der Waals surface area contributed by atoms with E-state index in [1.165, 1.54) is 6.07 Å². The molecule has 1 saturated heterocycles. The molecule has 0 atom stereocenters. The number of rotatable bonds is 3. The Kier molecular flexibility index (Phi) is 4.75. The van der Waals surface area contributed by atoms with Gasteiger partial charge in [0.15, 0.2) is 0 Å². The number of piperidine rings is 1. The molecule has 1 aliphatic rings. The standard InChI is InChI=1S/C22H22FN3O/c1-15-10-12-26(13-11-15)22(27)21-14-20(16-6-2-4-8-18(16)24-21)25-19-9-5-3-7-17(19)23/h2-9,14-15H,10-13H2,1H3,(H,24,25). The van der Waals surface area contributed by atoms with Crippen molar-refractivity contribution in [1.82, 2.24) is 9.88 Å². The third-order valence-corrected chi connectivity index (χ3v) is 5.15. The van der Waals surface area contributed by atoms with Crippen molar-refractivity contribution < 1.29 is 9.18 Å². The number of likely N-dealkylation sites (tertiary alicyclic amines) is 1. The highest BCUT2D eigenvalue weighted by atomic mass is 19.1. The number of nitrogens with zero attached hydrogens (tertiary/aromatic N) is 2. The summed E-state index contributed by atoms with van der Waals surface area (Å²) in [5.41, 5.74) is 2.16. The molecule has 1 aliphatic heterocycles. The van der Waals surface area contributed by atoms with Crippen molar-refractivity contribution in [2.24, 2.45) is 5.92 Å². The first-order valence-electron chi connectivity index (χ1n) is 9.32. The monoisotopic (exact) mass is 363 g/mol. The molecule has 3 aromatic rings. The fraction of sp³-hybridized carbons (Fsp3) is 0.273. The predicted octanol–water partition coefficient (Wildman–Crippen LogP) is 4.99. The molecule has 0 bridgehead atoms. The molecule has 0 unspecified atom stereocenters. The Morgan fingerprint density at radius 1 is 1.07 bits per heavy atom. The van der Waals surface area contributed by atoms with Crippen LogP contribution in [0.5, 0.6) is 0 Å². The van der Waals surface area contributed by atoms with Gasteiger partial charge in [-0.3, -0.25) is 4.79 Å². The lowest BCUT2D eigenvalue weighted by molar-refractivity contribution is 0.0692. The first-order valence-corrected chi connectivity index (χ1v) is 9.32. The van der Waals surface area contributed by atoms with Crippen LogP contribution in [0.1, 0.15) is 30.3 Å². The second-order valence-electron chi connectivity index (χ2n) is 7.15. The van der Waals surface area contributed by atoms with Crippen molar-refractivity contribution in [1.29, 1.82) is 0 Å². The zero-order valence-corrected chi connectivity index (χ0v) is 15.3. The minimum absolute atomic E-state index is 0.0655. The maximum absolute atomic E-state index is 14.1. The van der Waals surface area contributed by atoms with Gasteiger partial charge in [0.05, 0.1) is 16.9 Å². The van der Waals surface area contributed by atoms with Gasteiger partial charge in [-0.1, -0.05) is 37.3 Å². The summed E-state index contributed by atoms with van der Waals surface area (Å²) >= 11 is 0. The van der Waals surface area contributed by atoms with Gasteiger partial charge in [-0.2, -0.15) is 0 Å². The van der Waals surface area contributed by atoms with Crippen molar-refractivity contribution >= 4 is 28.2 Å². The summed E-state index contributed by atoms with van der Waals surface area (Å²) in [6, 6.07) is 15.8. The lowest BCUT2D eigenvalue weighted by Crippen LogP contribution is -2.38. The summed E-state index contributed by atoms with van der Waals surface area (Å²) in [6.07, 6.45) is 2.03. The summed E-state index contributed by atoms with van der Waals surface area (Å²) in [4.78, 5) is 19.4. The van der Waals surface area contributed by atoms with Gasteiger partial charge < -0.3 is 10.2 Å². The van der Waals surface area contributed by atoms with Gasteiger partial charge in [0.25, 0.3) is 5.91 Å². The predicted molar refractivity (Wildman–Crippen MR) is 106 cm³/mol. The Labute approximate surface area is 158 Å². The van der Waals surface area contributed by atoms with E-state index >= 15 is 0 Å². The van der Waals surface area contributed by atoms with E-state index in [1.807, 2.05) is 29.2 Å². The summed E-state index contributed by atoms with van der Waals surface area (Å²) in [7, 11) is 0. The van der Waals surface area contributed by atoms with E-state index in [9.17, 15) is 9.18 Å². The van der Waals surface area contributed by atoms with E-state index in [-0.39, 0.29) is 11.7 Å². The van der Waals surface area contributed by atoms with E-state index in [4.69, 9.17) is 0 Å². The van der Waals surface area contributed by atoms with Crippen molar-refractivity contribution in [2.45, 2.75) is 19.8 Å². The molecule has 27 heavy (non-hydrogen) atoms. The molecule has 0 aliphatic carbocycles. The van der Waals surface area contributed by atoms with Crippen LogP contribution >= 0.6 is 0 Å². The Hall–Kier alpha value is -2.95. The summed E-state index contributed by atoms with van der Waals surface area (Å²) in [6.45, 7) is 3.72. The van der Waals surface area contributed by atoms with Gasteiger partial charge in [0.2, 0.25) is 0 Å². The van der Waals surface area contributed by atoms with Crippen LogP contribution in [-0.2, 0) is 0 Å². The Bertz CT molecular complexity index is 980. The van der Waals surface area contributed by atoms with Crippen LogP contribution in [0.15, 0.2) is 54.6 Å². The quantitative estimate of drug-likeness (QED) is 0.713. The minimum atomic E-state index is -0.337. The molecule has 2 aromatic carbocycles. The van der Waals surface area contributed by atoms with Gasteiger partial charge in [0, 0.05) is 18.5 Å². The SMILES string of the molecule is CC1CCN(C(=O)c2cc(Nc3ccccc3F)c3ccccc3n2)CC1. The van der Waals surface area contributed by atoms with E-state index < -0.39 is 0 Å². The van der Waals surface area contributed by atoms with E-state index in [0.717, 1.165) is 31.3 Å². The van der Waals surface area contributed by atoms with Gasteiger partial charge in [-0.25, -0.2) is 9.37 Å². The highest BCUT2D eigenvalue weighted by Gasteiger charge is 2.23. The molecule has 1 N–H and O–H groups in total. The zero-order chi connectivity index (χ0) is 18.8. The summed E-state index contributed by atoms with van der Waals surface area (Å²) in [5, 5.41) is 3.99. The molecule has 1 fully saturated rings. The van der Waals surface area contributed by atoms with Gasteiger partial charge in [-0.05, 0) is 43.0 Å². The number of para-hydroxylation sites is 2. The number of fused-ring (bicyclic) bond motifs is 1. The van der Waals surface area contributed by atoms with Gasteiger partial charge in [0.1, 0.15) is 11.5 Å². The Morgan fingerprint density at radius 3 is 2.56 bits per heavy atom. The van der Waals surface area contributed by atoms with Crippen LogP contribution in [0.25, 0.3) is 10.9 Å². The molecule has 138 valence electrons. The molecule has 4 rings (SSSR count). The highest BCUT2D eigenvalue weighted by Crippen LogP contribution is 2.28. The number of nitrogens with one attached hydrogen (secondary N) is 1. The van der Waals surface area contributed by atoms with Gasteiger partial charge >= 0.3 is 0 Å². The molecular formula is C22H22FN3O. The molecule has 0 saturated carbocycles. The number of pyridine rings is 1. The molecule has 2 heterocycles.